The number of aromatic amines is 1. The largest absolute Gasteiger partial charge is 0.497 e. The van der Waals surface area contributed by atoms with E-state index in [-0.39, 0.29) is 5.91 Å². The van der Waals surface area contributed by atoms with Crippen LogP contribution in [0.2, 0.25) is 0 Å². The quantitative estimate of drug-likeness (QED) is 0.740. The molecule has 0 bridgehead atoms. The Labute approximate surface area is 147 Å². The van der Waals surface area contributed by atoms with Crippen molar-refractivity contribution in [3.63, 3.8) is 0 Å². The smallest absolute Gasteiger partial charge is 0.235 e. The molecular weight excluding hydrogens is 312 g/mol. The third kappa shape index (κ3) is 2.58. The highest BCUT2D eigenvalue weighted by Crippen LogP contribution is 2.51. The number of aryl methyl sites for hydroxylation is 2. The first-order chi connectivity index (χ1) is 12.0. The maximum absolute atomic E-state index is 13.1. The minimum Gasteiger partial charge on any atom is -0.497 e. The first-order valence-electron chi connectivity index (χ1n) is 8.58. The molecule has 0 aliphatic heterocycles. The van der Waals surface area contributed by atoms with Gasteiger partial charge in [0.15, 0.2) is 0 Å². The lowest BCUT2D eigenvalue weighted by atomic mass is 9.94. The number of aromatic nitrogens is 1. The zero-order valence-corrected chi connectivity index (χ0v) is 14.8. The molecule has 1 saturated carbocycles. The maximum atomic E-state index is 13.1. The molecule has 0 unspecified atom stereocenters. The van der Waals surface area contributed by atoms with E-state index in [1.165, 1.54) is 5.56 Å². The Hall–Kier alpha value is -2.75. The molecule has 2 N–H and O–H groups in total. The van der Waals surface area contributed by atoms with Crippen LogP contribution in [0.25, 0.3) is 10.9 Å². The molecule has 1 heterocycles. The number of carbonyl (C=O) groups excluding carboxylic acids is 1. The number of carbonyl (C=O) groups is 1. The van der Waals surface area contributed by atoms with Crippen LogP contribution in [0.15, 0.2) is 42.6 Å². The Morgan fingerprint density at radius 1 is 1.16 bits per heavy atom. The predicted octanol–water partition coefficient (Wildman–Crippen LogP) is 4.46. The molecule has 2 aromatic carbocycles. The van der Waals surface area contributed by atoms with E-state index in [4.69, 9.17) is 4.74 Å². The molecule has 1 aromatic heterocycles. The number of rotatable bonds is 4. The third-order valence-corrected chi connectivity index (χ3v) is 5.22. The van der Waals surface area contributed by atoms with Crippen LogP contribution in [0.1, 0.15) is 29.5 Å². The van der Waals surface area contributed by atoms with Crippen molar-refractivity contribution < 1.29 is 9.53 Å². The lowest BCUT2D eigenvalue weighted by Gasteiger charge is -2.16. The van der Waals surface area contributed by atoms with Crippen LogP contribution >= 0.6 is 0 Å². The van der Waals surface area contributed by atoms with Gasteiger partial charge >= 0.3 is 0 Å². The normalized spacial score (nSPS) is 15.2. The van der Waals surface area contributed by atoms with E-state index in [1.807, 2.05) is 43.5 Å². The van der Waals surface area contributed by atoms with E-state index in [1.54, 1.807) is 7.11 Å². The highest BCUT2D eigenvalue weighted by Gasteiger charge is 2.52. The van der Waals surface area contributed by atoms with Crippen LogP contribution in [-0.2, 0) is 10.2 Å². The van der Waals surface area contributed by atoms with Crippen molar-refractivity contribution in [1.29, 1.82) is 0 Å². The van der Waals surface area contributed by atoms with Gasteiger partial charge in [0.05, 0.1) is 12.5 Å². The van der Waals surface area contributed by atoms with Gasteiger partial charge in [0.25, 0.3) is 0 Å². The van der Waals surface area contributed by atoms with Crippen LogP contribution in [0.4, 0.5) is 5.69 Å². The molecule has 4 nitrogen and oxygen atoms in total. The summed E-state index contributed by atoms with van der Waals surface area (Å²) in [5.41, 5.74) is 4.82. The van der Waals surface area contributed by atoms with Crippen molar-refractivity contribution in [2.45, 2.75) is 32.1 Å². The predicted molar refractivity (Wildman–Crippen MR) is 100 cm³/mol. The maximum Gasteiger partial charge on any atom is 0.235 e. The Kier molecular flexibility index (Phi) is 3.57. The SMILES string of the molecule is COc1ccc2[nH]cc(C3(C(=O)Nc4ccc(C)cc4C)CC3)c2c1. The molecule has 1 aliphatic rings. The fourth-order valence-electron chi connectivity index (χ4n) is 3.56. The molecular formula is C21H22N2O2. The molecule has 4 rings (SSSR count). The Bertz CT molecular complexity index is 967. The number of anilines is 1. The van der Waals surface area contributed by atoms with Gasteiger partial charge < -0.3 is 15.0 Å². The van der Waals surface area contributed by atoms with Crippen molar-refractivity contribution in [2.24, 2.45) is 0 Å². The molecule has 0 atom stereocenters. The Morgan fingerprint density at radius 2 is 1.96 bits per heavy atom. The highest BCUT2D eigenvalue weighted by atomic mass is 16.5. The van der Waals surface area contributed by atoms with Gasteiger partial charge in [-0.3, -0.25) is 4.79 Å². The molecule has 0 radical (unpaired) electrons. The summed E-state index contributed by atoms with van der Waals surface area (Å²) < 4.78 is 5.35. The van der Waals surface area contributed by atoms with Gasteiger partial charge in [-0.1, -0.05) is 17.7 Å². The van der Waals surface area contributed by atoms with Crippen molar-refractivity contribution in [1.82, 2.24) is 4.98 Å². The number of methoxy groups -OCH3 is 1. The fourth-order valence-corrected chi connectivity index (χ4v) is 3.56. The Balaban J connectivity index is 1.69. The van der Waals surface area contributed by atoms with E-state index in [0.29, 0.717) is 0 Å². The number of amides is 1. The number of benzene rings is 2. The minimum atomic E-state index is -0.443. The minimum absolute atomic E-state index is 0.0724. The van der Waals surface area contributed by atoms with Crippen LogP contribution in [0, 0.1) is 13.8 Å². The summed E-state index contributed by atoms with van der Waals surface area (Å²) in [6, 6.07) is 12.0. The van der Waals surface area contributed by atoms with E-state index < -0.39 is 5.41 Å². The van der Waals surface area contributed by atoms with Gasteiger partial charge in [-0.15, -0.1) is 0 Å². The average Bonchev–Trinajstić information content (AvgIpc) is 3.30. The summed E-state index contributed by atoms with van der Waals surface area (Å²) >= 11 is 0. The number of nitrogens with one attached hydrogen (secondary N) is 2. The second-order valence-electron chi connectivity index (χ2n) is 6.97. The van der Waals surface area contributed by atoms with Gasteiger partial charge in [-0.05, 0) is 62.1 Å². The number of hydrogen-bond donors (Lipinski definition) is 2. The molecule has 1 amide bonds. The van der Waals surface area contributed by atoms with Crippen molar-refractivity contribution >= 4 is 22.5 Å². The molecule has 25 heavy (non-hydrogen) atoms. The molecule has 1 aliphatic carbocycles. The number of fused-ring (bicyclic) bond motifs is 1. The van der Waals surface area contributed by atoms with E-state index in [9.17, 15) is 4.79 Å². The van der Waals surface area contributed by atoms with Crippen LogP contribution < -0.4 is 10.1 Å². The number of ether oxygens (including phenoxy) is 1. The molecule has 0 spiro atoms. The molecule has 3 aromatic rings. The summed E-state index contributed by atoms with van der Waals surface area (Å²) in [4.78, 5) is 16.4. The zero-order valence-electron chi connectivity index (χ0n) is 14.8. The first-order valence-corrected chi connectivity index (χ1v) is 8.58. The van der Waals surface area contributed by atoms with Crippen molar-refractivity contribution in [3.8, 4) is 5.75 Å². The summed E-state index contributed by atoms with van der Waals surface area (Å²) in [7, 11) is 1.66. The second-order valence-corrected chi connectivity index (χ2v) is 6.97. The monoisotopic (exact) mass is 334 g/mol. The molecule has 1 fully saturated rings. The van der Waals surface area contributed by atoms with Gasteiger partial charge in [0.2, 0.25) is 5.91 Å². The van der Waals surface area contributed by atoms with Gasteiger partial charge in [0, 0.05) is 22.8 Å². The zero-order chi connectivity index (χ0) is 17.6. The summed E-state index contributed by atoms with van der Waals surface area (Å²) in [5, 5.41) is 4.20. The average molecular weight is 334 g/mol. The molecule has 4 heteroatoms. The number of hydrogen-bond acceptors (Lipinski definition) is 2. The van der Waals surface area contributed by atoms with Gasteiger partial charge in [0.1, 0.15) is 5.75 Å². The lowest BCUT2D eigenvalue weighted by Crippen LogP contribution is -2.28. The first kappa shape index (κ1) is 15.8. The summed E-state index contributed by atoms with van der Waals surface area (Å²) in [6.07, 6.45) is 3.71. The standard InChI is InChI=1S/C21H22N2O2/c1-13-4-6-18(14(2)10-13)23-20(24)21(8-9-21)17-12-22-19-7-5-15(25-3)11-16(17)19/h4-7,10-12,22H,8-9H2,1-3H3,(H,23,24). The van der Waals surface area contributed by atoms with Crippen molar-refractivity contribution in [2.75, 3.05) is 12.4 Å². The summed E-state index contributed by atoms with van der Waals surface area (Å²) in [5.74, 6) is 0.877. The second kappa shape index (κ2) is 5.66. The fraction of sp³-hybridized carbons (Fsp3) is 0.286. The van der Waals surface area contributed by atoms with Crippen LogP contribution in [0.5, 0.6) is 5.75 Å². The van der Waals surface area contributed by atoms with E-state index in [2.05, 4.69) is 23.3 Å². The topological polar surface area (TPSA) is 54.1 Å². The van der Waals surface area contributed by atoms with E-state index >= 15 is 0 Å². The third-order valence-electron chi connectivity index (χ3n) is 5.22. The molecule has 128 valence electrons. The van der Waals surface area contributed by atoms with E-state index in [0.717, 1.165) is 46.3 Å². The van der Waals surface area contributed by atoms with Gasteiger partial charge in [-0.2, -0.15) is 0 Å². The lowest BCUT2D eigenvalue weighted by molar-refractivity contribution is -0.118. The van der Waals surface area contributed by atoms with Crippen molar-refractivity contribution in [3.05, 3.63) is 59.3 Å². The van der Waals surface area contributed by atoms with Crippen LogP contribution in [-0.4, -0.2) is 18.0 Å². The molecule has 0 saturated heterocycles. The van der Waals surface area contributed by atoms with Gasteiger partial charge in [-0.25, -0.2) is 0 Å². The Morgan fingerprint density at radius 3 is 2.64 bits per heavy atom. The van der Waals surface area contributed by atoms with Crippen LogP contribution in [0.3, 0.4) is 0 Å². The number of H-pyrrole nitrogens is 1. The highest BCUT2D eigenvalue weighted by molar-refractivity contribution is 6.05. The summed E-state index contributed by atoms with van der Waals surface area (Å²) in [6.45, 7) is 4.08.